The molecule has 7 nitrogen and oxygen atoms in total. The second-order valence-electron chi connectivity index (χ2n) is 11.3. The van der Waals surface area contributed by atoms with E-state index in [1.165, 1.54) is 16.8 Å². The topological polar surface area (TPSA) is 88.3 Å². The van der Waals surface area contributed by atoms with Gasteiger partial charge in [-0.15, -0.1) is 0 Å². The number of aliphatic carboxylic acids is 1. The molecule has 0 radical (unpaired) electrons. The number of sulfonamides is 1. The smallest absolute Gasteiger partial charge is 0.322 e. The molecule has 0 saturated carbocycles. The van der Waals surface area contributed by atoms with Crippen molar-refractivity contribution < 1.29 is 23.1 Å². The number of aryl methyl sites for hydroxylation is 1. The number of hydrogen-bond acceptors (Lipinski definition) is 4. The lowest BCUT2D eigenvalue weighted by Gasteiger charge is -2.21. The number of carboxylic acids is 1. The standard InChI is InChI=1S/C36H36N2O5S/c1-2-3-12-34-33(22-30-11-7-8-21-37(30)34)29-15-13-27(14-16-29)28-17-19-32(20-18-28)44(41,42)38-24-31(23-35(38)36(39)40)43-25-26-9-5-4-6-10-26/h4-11,13-22,31,35H,2-3,12,23-25H2,1H3,(H,39,40). The molecule has 1 saturated heterocycles. The summed E-state index contributed by atoms with van der Waals surface area (Å²) >= 11 is 0. The zero-order valence-corrected chi connectivity index (χ0v) is 25.5. The zero-order valence-electron chi connectivity index (χ0n) is 24.7. The number of carboxylic acid groups (broad SMARTS) is 1. The summed E-state index contributed by atoms with van der Waals surface area (Å²) in [5, 5.41) is 9.83. The van der Waals surface area contributed by atoms with E-state index in [-0.39, 0.29) is 17.9 Å². The molecular formula is C36H36N2O5S. The lowest BCUT2D eigenvalue weighted by Crippen LogP contribution is -2.40. The Morgan fingerprint density at radius 2 is 1.55 bits per heavy atom. The Morgan fingerprint density at radius 3 is 2.23 bits per heavy atom. The molecule has 44 heavy (non-hydrogen) atoms. The summed E-state index contributed by atoms with van der Waals surface area (Å²) in [5.74, 6) is -1.18. The van der Waals surface area contributed by atoms with E-state index in [1.54, 1.807) is 24.3 Å². The van der Waals surface area contributed by atoms with Crippen LogP contribution in [0.5, 0.6) is 0 Å². The van der Waals surface area contributed by atoms with Crippen LogP contribution in [0, 0.1) is 0 Å². The van der Waals surface area contributed by atoms with Gasteiger partial charge in [-0.1, -0.05) is 86.1 Å². The molecule has 1 aliphatic heterocycles. The van der Waals surface area contributed by atoms with Crippen molar-refractivity contribution in [1.82, 2.24) is 8.71 Å². The number of nitrogens with zero attached hydrogens (tertiary/aromatic N) is 2. The molecule has 0 spiro atoms. The third-order valence-electron chi connectivity index (χ3n) is 8.37. The summed E-state index contributed by atoms with van der Waals surface area (Å²) in [4.78, 5) is 12.1. The average Bonchev–Trinajstić information content (AvgIpc) is 3.66. The second-order valence-corrected chi connectivity index (χ2v) is 13.2. The molecule has 6 rings (SSSR count). The van der Waals surface area contributed by atoms with Gasteiger partial charge < -0.3 is 14.2 Å². The third-order valence-corrected chi connectivity index (χ3v) is 10.3. The van der Waals surface area contributed by atoms with Crippen LogP contribution in [0.3, 0.4) is 0 Å². The SMILES string of the molecule is CCCCc1c(-c2ccc(-c3ccc(S(=O)(=O)N4CC(OCc5ccccc5)CC4C(=O)O)cc3)cc2)cc2ccccn12. The number of hydrogen-bond donors (Lipinski definition) is 1. The molecule has 226 valence electrons. The first kappa shape index (κ1) is 29.8. The van der Waals surface area contributed by atoms with Crippen LogP contribution in [-0.2, 0) is 32.6 Å². The normalized spacial score (nSPS) is 17.3. The van der Waals surface area contributed by atoms with E-state index >= 15 is 0 Å². The number of ether oxygens (including phenoxy) is 1. The van der Waals surface area contributed by atoms with Gasteiger partial charge >= 0.3 is 5.97 Å². The molecule has 0 amide bonds. The number of rotatable bonds is 11. The van der Waals surface area contributed by atoms with E-state index in [9.17, 15) is 18.3 Å². The maximum absolute atomic E-state index is 13.6. The number of fused-ring (bicyclic) bond motifs is 1. The van der Waals surface area contributed by atoms with E-state index in [0.29, 0.717) is 6.61 Å². The molecule has 8 heteroatoms. The quantitative estimate of drug-likeness (QED) is 0.174. The van der Waals surface area contributed by atoms with Crippen molar-refractivity contribution in [3.63, 3.8) is 0 Å². The van der Waals surface area contributed by atoms with Crippen LogP contribution < -0.4 is 0 Å². The van der Waals surface area contributed by atoms with E-state index in [1.807, 2.05) is 30.3 Å². The highest BCUT2D eigenvalue weighted by atomic mass is 32.2. The molecule has 2 atom stereocenters. The molecule has 3 heterocycles. The number of benzene rings is 3. The fourth-order valence-electron chi connectivity index (χ4n) is 5.99. The summed E-state index contributed by atoms with van der Waals surface area (Å²) in [6, 6.07) is 31.8. The minimum atomic E-state index is -4.05. The van der Waals surface area contributed by atoms with Crippen LogP contribution >= 0.6 is 0 Å². The molecule has 1 fully saturated rings. The van der Waals surface area contributed by atoms with Crippen molar-refractivity contribution >= 4 is 21.5 Å². The van der Waals surface area contributed by atoms with E-state index in [4.69, 9.17) is 4.74 Å². The number of unbranched alkanes of at least 4 members (excludes halogenated alkanes) is 1. The molecule has 5 aromatic rings. The Bertz CT molecular complexity index is 1850. The highest BCUT2D eigenvalue weighted by Crippen LogP contribution is 2.33. The van der Waals surface area contributed by atoms with Gasteiger partial charge in [-0.2, -0.15) is 4.31 Å². The predicted octanol–water partition coefficient (Wildman–Crippen LogP) is 7.05. The summed E-state index contributed by atoms with van der Waals surface area (Å²) < 4.78 is 36.5. The van der Waals surface area contributed by atoms with E-state index < -0.39 is 28.1 Å². The first-order valence-electron chi connectivity index (χ1n) is 15.0. The first-order chi connectivity index (χ1) is 21.3. The van der Waals surface area contributed by atoms with Crippen LogP contribution in [0.4, 0.5) is 0 Å². The largest absolute Gasteiger partial charge is 0.480 e. The van der Waals surface area contributed by atoms with Gasteiger partial charge in [0.05, 0.1) is 17.6 Å². The Balaban J connectivity index is 1.19. The van der Waals surface area contributed by atoms with E-state index in [0.717, 1.165) is 45.8 Å². The molecule has 1 aliphatic rings. The highest BCUT2D eigenvalue weighted by molar-refractivity contribution is 7.89. The van der Waals surface area contributed by atoms with Crippen molar-refractivity contribution in [2.75, 3.05) is 6.54 Å². The van der Waals surface area contributed by atoms with Crippen LogP contribution in [0.2, 0.25) is 0 Å². The van der Waals surface area contributed by atoms with Crippen molar-refractivity contribution in [2.24, 2.45) is 0 Å². The third kappa shape index (κ3) is 6.06. The van der Waals surface area contributed by atoms with Gasteiger partial charge in [0.25, 0.3) is 0 Å². The molecule has 0 bridgehead atoms. The average molecular weight is 609 g/mol. The summed E-state index contributed by atoms with van der Waals surface area (Å²) in [6.45, 7) is 2.49. The minimum Gasteiger partial charge on any atom is -0.480 e. The Labute approximate surface area is 258 Å². The molecule has 1 N–H and O–H groups in total. The van der Waals surface area contributed by atoms with Gasteiger partial charge in [0.1, 0.15) is 6.04 Å². The maximum atomic E-state index is 13.6. The summed E-state index contributed by atoms with van der Waals surface area (Å²) in [6.07, 6.45) is 4.95. The molecule has 2 aromatic heterocycles. The number of aromatic nitrogens is 1. The van der Waals surface area contributed by atoms with E-state index in [2.05, 4.69) is 66.1 Å². The Morgan fingerprint density at radius 1 is 0.886 bits per heavy atom. The lowest BCUT2D eigenvalue weighted by molar-refractivity contribution is -0.140. The highest BCUT2D eigenvalue weighted by Gasteiger charge is 2.44. The van der Waals surface area contributed by atoms with Crippen LogP contribution in [-0.4, -0.2) is 46.9 Å². The van der Waals surface area contributed by atoms with Gasteiger partial charge in [-0.3, -0.25) is 4.79 Å². The van der Waals surface area contributed by atoms with Gasteiger partial charge in [0.15, 0.2) is 0 Å². The van der Waals surface area contributed by atoms with Gasteiger partial charge in [0.2, 0.25) is 10.0 Å². The molecular weight excluding hydrogens is 572 g/mol. The fraction of sp³-hybridized carbons (Fsp3) is 0.250. The van der Waals surface area contributed by atoms with Crippen molar-refractivity contribution in [3.8, 4) is 22.3 Å². The summed E-state index contributed by atoms with van der Waals surface area (Å²) in [5.41, 5.74) is 7.64. The van der Waals surface area contributed by atoms with Crippen LogP contribution in [0.15, 0.2) is 114 Å². The van der Waals surface area contributed by atoms with Crippen LogP contribution in [0.1, 0.15) is 37.4 Å². The Hall–Kier alpha value is -4.24. The lowest BCUT2D eigenvalue weighted by atomic mass is 9.99. The minimum absolute atomic E-state index is 0.00931. The Kier molecular flexibility index (Phi) is 8.66. The van der Waals surface area contributed by atoms with Gasteiger partial charge in [0, 0.05) is 35.9 Å². The monoisotopic (exact) mass is 608 g/mol. The van der Waals surface area contributed by atoms with Crippen molar-refractivity contribution in [3.05, 3.63) is 121 Å². The molecule has 2 unspecified atom stereocenters. The molecule has 3 aromatic carbocycles. The van der Waals surface area contributed by atoms with Crippen LogP contribution in [0.25, 0.3) is 27.8 Å². The number of carbonyl (C=O) groups is 1. The predicted molar refractivity (Wildman–Crippen MR) is 172 cm³/mol. The van der Waals surface area contributed by atoms with Crippen molar-refractivity contribution in [1.29, 1.82) is 0 Å². The van der Waals surface area contributed by atoms with Crippen molar-refractivity contribution in [2.45, 2.75) is 56.3 Å². The fourth-order valence-corrected chi connectivity index (χ4v) is 7.62. The zero-order chi connectivity index (χ0) is 30.7. The maximum Gasteiger partial charge on any atom is 0.322 e. The van der Waals surface area contributed by atoms with Gasteiger partial charge in [-0.05, 0) is 65.4 Å². The molecule has 0 aliphatic carbocycles. The summed E-state index contributed by atoms with van der Waals surface area (Å²) in [7, 11) is -4.05. The second kappa shape index (κ2) is 12.8. The van der Waals surface area contributed by atoms with Gasteiger partial charge in [-0.25, -0.2) is 8.42 Å². The number of pyridine rings is 1. The first-order valence-corrected chi connectivity index (χ1v) is 16.5.